The Morgan fingerprint density at radius 1 is 1.07 bits per heavy atom. The first-order valence-corrected chi connectivity index (χ1v) is 6.14. The molecule has 0 amide bonds. The fourth-order valence-electron chi connectivity index (χ4n) is 1.24. The van der Waals surface area contributed by atoms with Crippen molar-refractivity contribution in [2.45, 2.75) is 6.61 Å². The number of rotatable bonds is 2. The summed E-state index contributed by atoms with van der Waals surface area (Å²) in [4.78, 5) is 1.28. The number of aliphatic hydroxyl groups excluding tert-OH is 1. The topological polar surface area (TPSA) is 20.2 Å². The maximum absolute atomic E-state index is 8.90. The predicted molar refractivity (Wildman–Crippen MR) is 68.4 cm³/mol. The SMILES string of the molecule is OCc1ccc(-c2ccc(I)s2)cc1. The lowest BCUT2D eigenvalue weighted by Crippen LogP contribution is -1.81. The highest BCUT2D eigenvalue weighted by molar-refractivity contribution is 14.1. The van der Waals surface area contributed by atoms with Gasteiger partial charge in [0.2, 0.25) is 0 Å². The Bertz CT molecular complexity index is 419. The average molecular weight is 316 g/mol. The van der Waals surface area contributed by atoms with Crippen molar-refractivity contribution in [1.82, 2.24) is 0 Å². The molecule has 0 fully saturated rings. The zero-order valence-electron chi connectivity index (χ0n) is 7.40. The molecule has 1 N–H and O–H groups in total. The lowest BCUT2D eigenvalue weighted by atomic mass is 10.1. The summed E-state index contributed by atoms with van der Waals surface area (Å²) < 4.78 is 1.30. The maximum Gasteiger partial charge on any atom is 0.0681 e. The summed E-state index contributed by atoms with van der Waals surface area (Å²) in [6.07, 6.45) is 0. The van der Waals surface area contributed by atoms with Gasteiger partial charge in [-0.3, -0.25) is 0 Å². The van der Waals surface area contributed by atoms with Crippen LogP contribution in [-0.4, -0.2) is 5.11 Å². The summed E-state index contributed by atoms with van der Waals surface area (Å²) in [5.41, 5.74) is 2.18. The van der Waals surface area contributed by atoms with Crippen LogP contribution in [0, 0.1) is 2.88 Å². The Hall–Kier alpha value is -0.390. The summed E-state index contributed by atoms with van der Waals surface area (Å²) in [6, 6.07) is 12.3. The number of aliphatic hydroxyl groups is 1. The second kappa shape index (κ2) is 4.42. The molecule has 0 aliphatic carbocycles. The number of benzene rings is 1. The molecule has 72 valence electrons. The van der Waals surface area contributed by atoms with E-state index in [2.05, 4.69) is 34.7 Å². The van der Waals surface area contributed by atoms with Crippen molar-refractivity contribution in [2.24, 2.45) is 0 Å². The average Bonchev–Trinajstić information content (AvgIpc) is 2.65. The van der Waals surface area contributed by atoms with Gasteiger partial charge in [0.25, 0.3) is 0 Å². The molecule has 0 aliphatic rings. The van der Waals surface area contributed by atoms with Gasteiger partial charge in [-0.15, -0.1) is 11.3 Å². The van der Waals surface area contributed by atoms with Gasteiger partial charge >= 0.3 is 0 Å². The fraction of sp³-hybridized carbons (Fsp3) is 0.0909. The lowest BCUT2D eigenvalue weighted by molar-refractivity contribution is 0.282. The number of thiophene rings is 1. The maximum atomic E-state index is 8.90. The van der Waals surface area contributed by atoms with Crippen LogP contribution in [0.5, 0.6) is 0 Å². The van der Waals surface area contributed by atoms with Crippen molar-refractivity contribution in [3.8, 4) is 10.4 Å². The molecule has 0 spiro atoms. The molecule has 1 nitrogen and oxygen atoms in total. The largest absolute Gasteiger partial charge is 0.392 e. The third kappa shape index (κ3) is 2.16. The third-order valence-electron chi connectivity index (χ3n) is 1.99. The van der Waals surface area contributed by atoms with E-state index in [1.54, 1.807) is 11.3 Å². The van der Waals surface area contributed by atoms with Gasteiger partial charge in [0, 0.05) is 4.88 Å². The molecule has 14 heavy (non-hydrogen) atoms. The predicted octanol–water partition coefficient (Wildman–Crippen LogP) is 3.51. The molecular weight excluding hydrogens is 307 g/mol. The second-order valence-corrected chi connectivity index (χ2v) is 5.94. The molecule has 0 atom stereocenters. The molecule has 1 heterocycles. The van der Waals surface area contributed by atoms with Crippen LogP contribution >= 0.6 is 33.9 Å². The van der Waals surface area contributed by atoms with Crippen LogP contribution in [-0.2, 0) is 6.61 Å². The third-order valence-corrected chi connectivity index (χ3v) is 3.94. The fourth-order valence-corrected chi connectivity index (χ4v) is 2.87. The molecular formula is C11H9IOS. The van der Waals surface area contributed by atoms with Crippen LogP contribution in [0.2, 0.25) is 0 Å². The monoisotopic (exact) mass is 316 g/mol. The Morgan fingerprint density at radius 3 is 2.29 bits per heavy atom. The normalized spacial score (nSPS) is 10.4. The number of halogens is 1. The van der Waals surface area contributed by atoms with E-state index in [1.165, 1.54) is 13.3 Å². The lowest BCUT2D eigenvalue weighted by Gasteiger charge is -1.98. The molecule has 2 aromatic rings. The van der Waals surface area contributed by atoms with Crippen molar-refractivity contribution in [1.29, 1.82) is 0 Å². The van der Waals surface area contributed by atoms with E-state index in [0.717, 1.165) is 5.56 Å². The van der Waals surface area contributed by atoms with E-state index in [9.17, 15) is 0 Å². The van der Waals surface area contributed by atoms with Gasteiger partial charge in [0.1, 0.15) is 0 Å². The van der Waals surface area contributed by atoms with Gasteiger partial charge in [0.15, 0.2) is 0 Å². The van der Waals surface area contributed by atoms with Crippen molar-refractivity contribution < 1.29 is 5.11 Å². The zero-order chi connectivity index (χ0) is 9.97. The number of hydrogen-bond acceptors (Lipinski definition) is 2. The van der Waals surface area contributed by atoms with Crippen molar-refractivity contribution in [2.75, 3.05) is 0 Å². The quantitative estimate of drug-likeness (QED) is 0.841. The Morgan fingerprint density at radius 2 is 1.79 bits per heavy atom. The van der Waals surface area contributed by atoms with Gasteiger partial charge < -0.3 is 5.11 Å². The Labute approximate surface area is 101 Å². The molecule has 1 aromatic heterocycles. The van der Waals surface area contributed by atoms with Crippen molar-refractivity contribution >= 4 is 33.9 Å². The standard InChI is InChI=1S/C11H9IOS/c12-11-6-5-10(14-11)9-3-1-8(7-13)2-4-9/h1-6,13H,7H2. The van der Waals surface area contributed by atoms with E-state index in [1.807, 2.05) is 24.3 Å². The minimum Gasteiger partial charge on any atom is -0.392 e. The first kappa shape index (κ1) is 10.1. The Kier molecular flexibility index (Phi) is 3.20. The van der Waals surface area contributed by atoms with Gasteiger partial charge in [-0.25, -0.2) is 0 Å². The van der Waals surface area contributed by atoms with Gasteiger partial charge in [-0.2, -0.15) is 0 Å². The molecule has 0 saturated carbocycles. The molecule has 0 unspecified atom stereocenters. The molecule has 0 bridgehead atoms. The number of hydrogen-bond donors (Lipinski definition) is 1. The van der Waals surface area contributed by atoms with Crippen LogP contribution in [0.1, 0.15) is 5.56 Å². The van der Waals surface area contributed by atoms with Crippen LogP contribution in [0.15, 0.2) is 36.4 Å². The smallest absolute Gasteiger partial charge is 0.0681 e. The van der Waals surface area contributed by atoms with Crippen LogP contribution in [0.25, 0.3) is 10.4 Å². The highest BCUT2D eigenvalue weighted by Gasteiger charge is 2.00. The van der Waals surface area contributed by atoms with Crippen molar-refractivity contribution in [3.63, 3.8) is 0 Å². The first-order valence-electron chi connectivity index (χ1n) is 4.25. The second-order valence-electron chi connectivity index (χ2n) is 2.96. The summed E-state index contributed by atoms with van der Waals surface area (Å²) in [5.74, 6) is 0. The molecule has 0 radical (unpaired) electrons. The van der Waals surface area contributed by atoms with Crippen LogP contribution in [0.4, 0.5) is 0 Å². The van der Waals surface area contributed by atoms with Crippen molar-refractivity contribution in [3.05, 3.63) is 44.8 Å². The van der Waals surface area contributed by atoms with Gasteiger partial charge in [-0.05, 0) is 45.9 Å². The molecule has 3 heteroatoms. The first-order chi connectivity index (χ1) is 6.79. The van der Waals surface area contributed by atoms with E-state index in [4.69, 9.17) is 5.11 Å². The molecule has 0 saturated heterocycles. The summed E-state index contributed by atoms with van der Waals surface area (Å²) in [6.45, 7) is 0.113. The minimum absolute atomic E-state index is 0.113. The highest BCUT2D eigenvalue weighted by atomic mass is 127. The van der Waals surface area contributed by atoms with Gasteiger partial charge in [0.05, 0.1) is 9.49 Å². The van der Waals surface area contributed by atoms with E-state index in [-0.39, 0.29) is 6.61 Å². The summed E-state index contributed by atoms with van der Waals surface area (Å²) in [5, 5.41) is 8.90. The zero-order valence-corrected chi connectivity index (χ0v) is 10.4. The summed E-state index contributed by atoms with van der Waals surface area (Å²) >= 11 is 4.10. The van der Waals surface area contributed by atoms with E-state index in [0.29, 0.717) is 0 Å². The highest BCUT2D eigenvalue weighted by Crippen LogP contribution is 2.28. The van der Waals surface area contributed by atoms with Gasteiger partial charge in [-0.1, -0.05) is 24.3 Å². The van der Waals surface area contributed by atoms with E-state index < -0.39 is 0 Å². The van der Waals surface area contributed by atoms with Crippen LogP contribution < -0.4 is 0 Å². The Balaban J connectivity index is 2.33. The van der Waals surface area contributed by atoms with Crippen LogP contribution in [0.3, 0.4) is 0 Å². The minimum atomic E-state index is 0.113. The van der Waals surface area contributed by atoms with E-state index >= 15 is 0 Å². The molecule has 0 aliphatic heterocycles. The molecule has 1 aromatic carbocycles. The molecule has 2 rings (SSSR count). The summed E-state index contributed by atoms with van der Waals surface area (Å²) in [7, 11) is 0.